The number of H-pyrrole nitrogens is 1. The van der Waals surface area contributed by atoms with Gasteiger partial charge in [-0.3, -0.25) is 4.79 Å². The minimum atomic E-state index is -0.688. The van der Waals surface area contributed by atoms with Crippen molar-refractivity contribution < 1.29 is 9.53 Å². The van der Waals surface area contributed by atoms with E-state index < -0.39 is 11.5 Å². The topological polar surface area (TPSA) is 72.0 Å². The number of nitrogens with one attached hydrogen (secondary N) is 1. The van der Waals surface area contributed by atoms with E-state index in [-0.39, 0.29) is 17.3 Å². The molecule has 0 atom stereocenters. The molecule has 1 N–H and O–H groups in total. The summed E-state index contributed by atoms with van der Waals surface area (Å²) in [4.78, 5) is 28.5. The van der Waals surface area contributed by atoms with Crippen LogP contribution in [0.5, 0.6) is 0 Å². The molecular formula is C8H9ClN2O3. The van der Waals surface area contributed by atoms with Gasteiger partial charge in [0, 0.05) is 0 Å². The Hall–Kier alpha value is -1.36. The number of aromatic nitrogens is 2. The molecule has 0 aliphatic rings. The van der Waals surface area contributed by atoms with Crippen LogP contribution in [0.3, 0.4) is 0 Å². The predicted molar refractivity (Wildman–Crippen MR) is 50.6 cm³/mol. The number of aryl methyl sites for hydroxylation is 1. The number of esters is 1. The fourth-order valence-electron chi connectivity index (χ4n) is 0.906. The van der Waals surface area contributed by atoms with E-state index in [4.69, 9.17) is 11.6 Å². The maximum atomic E-state index is 11.2. The first-order valence-electron chi connectivity index (χ1n) is 3.99. The molecule has 1 aromatic rings. The molecule has 0 unspecified atom stereocenters. The molecule has 14 heavy (non-hydrogen) atoms. The quantitative estimate of drug-likeness (QED) is 0.746. The molecule has 0 aromatic carbocycles. The van der Waals surface area contributed by atoms with Crippen molar-refractivity contribution in [1.82, 2.24) is 9.97 Å². The third-order valence-corrected chi connectivity index (χ3v) is 1.80. The SMILES string of the molecule is CCOC(=O)c1nc(C)[nH]c(=O)c1Cl. The molecule has 0 spiro atoms. The summed E-state index contributed by atoms with van der Waals surface area (Å²) in [5, 5.41) is -0.242. The Kier molecular flexibility index (Phi) is 3.24. The highest BCUT2D eigenvalue weighted by atomic mass is 35.5. The van der Waals surface area contributed by atoms with Crippen LogP contribution < -0.4 is 5.56 Å². The third kappa shape index (κ3) is 2.11. The van der Waals surface area contributed by atoms with Gasteiger partial charge in [0.25, 0.3) is 5.56 Å². The Morgan fingerprint density at radius 3 is 2.86 bits per heavy atom. The number of halogens is 1. The van der Waals surface area contributed by atoms with Crippen molar-refractivity contribution >= 4 is 17.6 Å². The monoisotopic (exact) mass is 216 g/mol. The van der Waals surface area contributed by atoms with Crippen molar-refractivity contribution in [3.05, 3.63) is 26.9 Å². The zero-order chi connectivity index (χ0) is 10.7. The highest BCUT2D eigenvalue weighted by Crippen LogP contribution is 2.08. The van der Waals surface area contributed by atoms with Gasteiger partial charge in [0.05, 0.1) is 6.61 Å². The summed E-state index contributed by atoms with van der Waals surface area (Å²) in [5.41, 5.74) is -0.683. The molecule has 6 heteroatoms. The number of rotatable bonds is 2. The van der Waals surface area contributed by atoms with Crippen LogP contribution in [-0.4, -0.2) is 22.5 Å². The maximum absolute atomic E-state index is 11.2. The molecule has 0 aliphatic heterocycles. The Bertz CT molecular complexity index is 414. The smallest absolute Gasteiger partial charge is 0.358 e. The maximum Gasteiger partial charge on any atom is 0.358 e. The molecular weight excluding hydrogens is 208 g/mol. The summed E-state index contributed by atoms with van der Waals surface area (Å²) in [6, 6.07) is 0. The molecule has 0 fully saturated rings. The fourth-order valence-corrected chi connectivity index (χ4v) is 1.07. The normalized spacial score (nSPS) is 9.93. The van der Waals surface area contributed by atoms with Crippen LogP contribution in [0.1, 0.15) is 23.2 Å². The summed E-state index contributed by atoms with van der Waals surface area (Å²) in [5.74, 6) is -0.367. The first-order chi connectivity index (χ1) is 6.56. The second kappa shape index (κ2) is 4.23. The summed E-state index contributed by atoms with van der Waals surface area (Å²) >= 11 is 5.59. The average molecular weight is 217 g/mol. The molecule has 0 bridgehead atoms. The Morgan fingerprint density at radius 2 is 2.29 bits per heavy atom. The van der Waals surface area contributed by atoms with Crippen LogP contribution in [0.15, 0.2) is 4.79 Å². The van der Waals surface area contributed by atoms with Crippen LogP contribution >= 0.6 is 11.6 Å². The number of aromatic amines is 1. The van der Waals surface area contributed by atoms with Crippen molar-refractivity contribution in [2.75, 3.05) is 6.61 Å². The lowest BCUT2D eigenvalue weighted by Gasteiger charge is -2.02. The minimum Gasteiger partial charge on any atom is -0.461 e. The Labute approximate surface area is 85.1 Å². The van der Waals surface area contributed by atoms with Crippen molar-refractivity contribution in [2.24, 2.45) is 0 Å². The van der Waals surface area contributed by atoms with Gasteiger partial charge >= 0.3 is 5.97 Å². The van der Waals surface area contributed by atoms with E-state index in [1.165, 1.54) is 0 Å². The van der Waals surface area contributed by atoms with E-state index in [0.717, 1.165) is 0 Å². The largest absolute Gasteiger partial charge is 0.461 e. The second-order valence-electron chi connectivity index (χ2n) is 2.53. The zero-order valence-electron chi connectivity index (χ0n) is 7.76. The van der Waals surface area contributed by atoms with Gasteiger partial charge in [-0.2, -0.15) is 0 Å². The molecule has 76 valence electrons. The summed E-state index contributed by atoms with van der Waals surface area (Å²) in [6.45, 7) is 3.43. The van der Waals surface area contributed by atoms with Crippen molar-refractivity contribution in [2.45, 2.75) is 13.8 Å². The molecule has 0 saturated heterocycles. The van der Waals surface area contributed by atoms with Crippen molar-refractivity contribution in [3.63, 3.8) is 0 Å². The first-order valence-corrected chi connectivity index (χ1v) is 4.37. The predicted octanol–water partition coefficient (Wildman–Crippen LogP) is 0.908. The van der Waals surface area contributed by atoms with E-state index in [1.54, 1.807) is 13.8 Å². The van der Waals surface area contributed by atoms with Gasteiger partial charge < -0.3 is 9.72 Å². The standard InChI is InChI=1S/C8H9ClN2O3/c1-3-14-8(13)6-5(9)7(12)11-4(2)10-6/h3H2,1-2H3,(H,10,11,12). The number of carbonyl (C=O) groups is 1. The van der Waals surface area contributed by atoms with Crippen molar-refractivity contribution in [3.8, 4) is 0 Å². The molecule has 0 saturated carbocycles. The lowest BCUT2D eigenvalue weighted by molar-refractivity contribution is 0.0519. The first kappa shape index (κ1) is 10.7. The highest BCUT2D eigenvalue weighted by molar-refractivity contribution is 6.33. The van der Waals surface area contributed by atoms with Crippen LogP contribution in [0, 0.1) is 6.92 Å². The van der Waals surface area contributed by atoms with Gasteiger partial charge in [0.15, 0.2) is 5.69 Å². The van der Waals surface area contributed by atoms with Gasteiger partial charge in [0.2, 0.25) is 0 Å². The Morgan fingerprint density at radius 1 is 1.64 bits per heavy atom. The van der Waals surface area contributed by atoms with Gasteiger partial charge in [-0.1, -0.05) is 11.6 Å². The Balaban J connectivity index is 3.20. The second-order valence-corrected chi connectivity index (χ2v) is 2.91. The summed E-state index contributed by atoms with van der Waals surface area (Å²) < 4.78 is 4.68. The van der Waals surface area contributed by atoms with Gasteiger partial charge in [-0.25, -0.2) is 9.78 Å². The number of carbonyl (C=O) groups excluding carboxylic acids is 1. The molecule has 1 rings (SSSR count). The van der Waals surface area contributed by atoms with Crippen LogP contribution in [0.2, 0.25) is 5.02 Å². The van der Waals surface area contributed by atoms with E-state index >= 15 is 0 Å². The fraction of sp³-hybridized carbons (Fsp3) is 0.375. The van der Waals surface area contributed by atoms with E-state index in [2.05, 4.69) is 14.7 Å². The molecule has 0 amide bonds. The molecule has 0 radical (unpaired) electrons. The highest BCUT2D eigenvalue weighted by Gasteiger charge is 2.16. The molecule has 5 nitrogen and oxygen atoms in total. The van der Waals surface area contributed by atoms with Crippen LogP contribution in [0.4, 0.5) is 0 Å². The number of nitrogens with zero attached hydrogens (tertiary/aromatic N) is 1. The number of hydrogen-bond acceptors (Lipinski definition) is 4. The van der Waals surface area contributed by atoms with Crippen molar-refractivity contribution in [1.29, 1.82) is 0 Å². The molecule has 0 aliphatic carbocycles. The van der Waals surface area contributed by atoms with Crippen LogP contribution in [-0.2, 0) is 4.74 Å². The van der Waals surface area contributed by atoms with E-state index in [1.807, 2.05) is 0 Å². The lowest BCUT2D eigenvalue weighted by atomic mass is 10.4. The van der Waals surface area contributed by atoms with Gasteiger partial charge in [0.1, 0.15) is 10.8 Å². The van der Waals surface area contributed by atoms with E-state index in [9.17, 15) is 9.59 Å². The summed E-state index contributed by atoms with van der Waals surface area (Å²) in [7, 11) is 0. The minimum absolute atomic E-state index is 0.144. The average Bonchev–Trinajstić information content (AvgIpc) is 2.11. The molecule has 1 heterocycles. The number of ether oxygens (including phenoxy) is 1. The lowest BCUT2D eigenvalue weighted by Crippen LogP contribution is -2.18. The zero-order valence-corrected chi connectivity index (χ0v) is 8.51. The molecule has 1 aromatic heterocycles. The third-order valence-electron chi connectivity index (χ3n) is 1.45. The van der Waals surface area contributed by atoms with Gasteiger partial charge in [-0.05, 0) is 13.8 Å². The van der Waals surface area contributed by atoms with E-state index in [0.29, 0.717) is 5.82 Å². The summed E-state index contributed by atoms with van der Waals surface area (Å²) in [6.07, 6.45) is 0. The van der Waals surface area contributed by atoms with Gasteiger partial charge in [-0.15, -0.1) is 0 Å². The number of hydrogen-bond donors (Lipinski definition) is 1. The van der Waals surface area contributed by atoms with Crippen LogP contribution in [0.25, 0.3) is 0 Å².